The zero-order valence-electron chi connectivity index (χ0n) is 8.18. The first-order valence-corrected chi connectivity index (χ1v) is 5.66. The van der Waals surface area contributed by atoms with Gasteiger partial charge in [0.25, 0.3) is 0 Å². The van der Waals surface area contributed by atoms with Gasteiger partial charge < -0.3 is 9.50 Å². The number of nitrogens with zero attached hydrogens (tertiary/aromatic N) is 2. The van der Waals surface area contributed by atoms with Gasteiger partial charge in [0.1, 0.15) is 3.95 Å². The molecule has 0 aromatic carbocycles. The molecule has 3 aromatic heterocycles. The summed E-state index contributed by atoms with van der Waals surface area (Å²) in [6.45, 7) is 0. The van der Waals surface area contributed by atoms with Crippen LogP contribution in [0, 0.1) is 10.2 Å². The standard InChI is InChI=1S/C10H6N3S2.Y/c14-10-12-8(6-15-10)7-5-11-13-4-2-1-3-9(7)13;/h1-4,6H,(H,12,14);/q-1;. The molecule has 0 fully saturated rings. The van der Waals surface area contributed by atoms with Gasteiger partial charge in [-0.2, -0.15) is 0 Å². The summed E-state index contributed by atoms with van der Waals surface area (Å²) in [4.78, 5) is 3.12. The molecule has 0 atom stereocenters. The molecule has 1 radical (unpaired) electrons. The number of hydrogen-bond acceptors (Lipinski definition) is 3. The van der Waals surface area contributed by atoms with Crippen LogP contribution in [0.2, 0.25) is 0 Å². The van der Waals surface area contributed by atoms with E-state index in [1.807, 2.05) is 29.8 Å². The maximum atomic E-state index is 5.05. The summed E-state index contributed by atoms with van der Waals surface area (Å²) in [5.74, 6) is 0. The molecule has 6 heteroatoms. The zero-order chi connectivity index (χ0) is 10.3. The molecular formula is C10H6N3S2Y-. The van der Waals surface area contributed by atoms with Crippen LogP contribution in [-0.2, 0) is 32.7 Å². The molecular weight excluding hydrogens is 315 g/mol. The summed E-state index contributed by atoms with van der Waals surface area (Å²) < 4.78 is 2.57. The van der Waals surface area contributed by atoms with Crippen molar-refractivity contribution in [1.82, 2.24) is 14.6 Å². The first kappa shape index (κ1) is 12.1. The maximum Gasteiger partial charge on any atom is 0.146 e. The Bertz CT molecular complexity index is 668. The van der Waals surface area contributed by atoms with Crippen molar-refractivity contribution in [1.29, 1.82) is 0 Å². The molecule has 1 N–H and O–H groups in total. The Morgan fingerprint density at radius 1 is 1.44 bits per heavy atom. The number of hydrogen-bond donors (Lipinski definition) is 1. The average molecular weight is 321 g/mol. The van der Waals surface area contributed by atoms with Gasteiger partial charge in [0.05, 0.1) is 0 Å². The van der Waals surface area contributed by atoms with Gasteiger partial charge in [-0.15, -0.1) is 16.9 Å². The SMILES string of the molecule is S=c1[nH]c(-c2[c-]nn3ccccc23)cs1.[Y]. The summed E-state index contributed by atoms with van der Waals surface area (Å²) >= 11 is 6.56. The minimum Gasteiger partial charge on any atom is -0.390 e. The molecule has 77 valence electrons. The average Bonchev–Trinajstić information content (AvgIpc) is 2.83. The van der Waals surface area contributed by atoms with Gasteiger partial charge in [-0.3, -0.25) is 5.10 Å². The second kappa shape index (κ2) is 4.88. The fraction of sp³-hybridized carbons (Fsp3) is 0. The Morgan fingerprint density at radius 2 is 2.31 bits per heavy atom. The van der Waals surface area contributed by atoms with Crippen molar-refractivity contribution in [3.63, 3.8) is 0 Å². The Hall–Kier alpha value is -0.356. The largest absolute Gasteiger partial charge is 0.390 e. The van der Waals surface area contributed by atoms with Crippen LogP contribution in [-0.4, -0.2) is 14.6 Å². The van der Waals surface area contributed by atoms with Gasteiger partial charge in [-0.05, 0) is 41.1 Å². The van der Waals surface area contributed by atoms with Crippen LogP contribution in [0.1, 0.15) is 0 Å². The van der Waals surface area contributed by atoms with Crippen LogP contribution in [0.15, 0.2) is 29.8 Å². The van der Waals surface area contributed by atoms with E-state index in [0.29, 0.717) is 0 Å². The predicted octanol–water partition coefficient (Wildman–Crippen LogP) is 2.92. The Balaban J connectivity index is 0.000000963. The smallest absolute Gasteiger partial charge is 0.146 e. The molecule has 0 saturated carbocycles. The summed E-state index contributed by atoms with van der Waals surface area (Å²) in [7, 11) is 0. The fourth-order valence-electron chi connectivity index (χ4n) is 1.48. The van der Waals surface area contributed by atoms with Crippen LogP contribution in [0.3, 0.4) is 0 Å². The first-order valence-electron chi connectivity index (χ1n) is 4.38. The van der Waals surface area contributed by atoms with E-state index in [4.69, 9.17) is 12.2 Å². The van der Waals surface area contributed by atoms with Crippen molar-refractivity contribution in [3.8, 4) is 11.3 Å². The van der Waals surface area contributed by atoms with Gasteiger partial charge in [0, 0.05) is 38.9 Å². The van der Waals surface area contributed by atoms with E-state index < -0.39 is 0 Å². The van der Waals surface area contributed by atoms with Crippen LogP contribution in [0.25, 0.3) is 16.8 Å². The number of fused-ring (bicyclic) bond motifs is 1. The second-order valence-corrected chi connectivity index (χ2v) is 4.63. The summed E-state index contributed by atoms with van der Waals surface area (Å²) in [5, 5.41) is 6.14. The Kier molecular flexibility index (Phi) is 3.69. The van der Waals surface area contributed by atoms with Crippen molar-refractivity contribution in [2.24, 2.45) is 0 Å². The van der Waals surface area contributed by atoms with Crippen molar-refractivity contribution in [3.05, 3.63) is 39.9 Å². The summed E-state index contributed by atoms with van der Waals surface area (Å²) in [5.41, 5.74) is 2.97. The van der Waals surface area contributed by atoms with E-state index in [-0.39, 0.29) is 32.7 Å². The molecule has 0 aliphatic carbocycles. The van der Waals surface area contributed by atoms with Crippen molar-refractivity contribution in [2.75, 3.05) is 0 Å². The molecule has 3 nitrogen and oxygen atoms in total. The first-order chi connectivity index (χ1) is 7.34. The molecule has 16 heavy (non-hydrogen) atoms. The third-order valence-corrected chi connectivity index (χ3v) is 3.22. The summed E-state index contributed by atoms with van der Waals surface area (Å²) in [6, 6.07) is 5.93. The quantitative estimate of drug-likeness (QED) is 0.552. The molecule has 0 saturated heterocycles. The molecule has 0 unspecified atom stereocenters. The van der Waals surface area contributed by atoms with Crippen molar-refractivity contribution in [2.45, 2.75) is 0 Å². The minimum absolute atomic E-state index is 0. The molecule has 0 spiro atoms. The third kappa shape index (κ3) is 2.05. The molecule has 3 aromatic rings. The predicted molar refractivity (Wildman–Crippen MR) is 62.5 cm³/mol. The number of nitrogens with one attached hydrogen (secondary N) is 1. The van der Waals surface area contributed by atoms with E-state index in [1.165, 1.54) is 11.3 Å². The maximum absolute atomic E-state index is 5.05. The minimum atomic E-state index is 0. The molecule has 3 heterocycles. The zero-order valence-corrected chi connectivity index (χ0v) is 12.6. The van der Waals surface area contributed by atoms with E-state index in [9.17, 15) is 0 Å². The number of rotatable bonds is 1. The normalized spacial score (nSPS) is 10.2. The van der Waals surface area contributed by atoms with E-state index in [1.54, 1.807) is 4.52 Å². The molecule has 3 rings (SSSR count). The Morgan fingerprint density at radius 3 is 3.06 bits per heavy atom. The van der Waals surface area contributed by atoms with Crippen LogP contribution >= 0.6 is 23.6 Å². The van der Waals surface area contributed by atoms with E-state index in [2.05, 4.69) is 16.3 Å². The van der Waals surface area contributed by atoms with Gasteiger partial charge in [-0.1, -0.05) is 12.1 Å². The van der Waals surface area contributed by atoms with Crippen LogP contribution in [0.4, 0.5) is 0 Å². The number of aromatic nitrogens is 3. The Labute approximate surface area is 126 Å². The number of pyridine rings is 1. The molecule has 0 amide bonds. The summed E-state index contributed by atoms with van der Waals surface area (Å²) in [6.07, 6.45) is 4.88. The van der Waals surface area contributed by atoms with Gasteiger partial charge in [-0.25, -0.2) is 0 Å². The monoisotopic (exact) mass is 321 g/mol. The van der Waals surface area contributed by atoms with Gasteiger partial charge >= 0.3 is 0 Å². The van der Waals surface area contributed by atoms with E-state index in [0.717, 1.165) is 20.7 Å². The number of aromatic amines is 1. The van der Waals surface area contributed by atoms with Crippen LogP contribution < -0.4 is 0 Å². The van der Waals surface area contributed by atoms with Gasteiger partial charge in [0.15, 0.2) is 0 Å². The van der Waals surface area contributed by atoms with Crippen molar-refractivity contribution >= 4 is 29.1 Å². The molecule has 0 bridgehead atoms. The molecule has 0 aliphatic rings. The molecule has 0 aliphatic heterocycles. The third-order valence-electron chi connectivity index (χ3n) is 2.15. The van der Waals surface area contributed by atoms with Crippen LogP contribution in [0.5, 0.6) is 0 Å². The fourth-order valence-corrected chi connectivity index (χ4v) is 2.31. The number of H-pyrrole nitrogens is 1. The van der Waals surface area contributed by atoms with E-state index >= 15 is 0 Å². The van der Waals surface area contributed by atoms with Crippen molar-refractivity contribution < 1.29 is 32.7 Å². The number of thiazole rings is 1. The van der Waals surface area contributed by atoms with Gasteiger partial charge in [0.2, 0.25) is 0 Å². The second-order valence-electron chi connectivity index (χ2n) is 3.08. The topological polar surface area (TPSA) is 33.1 Å².